The summed E-state index contributed by atoms with van der Waals surface area (Å²) in [7, 11) is 1.62. The summed E-state index contributed by atoms with van der Waals surface area (Å²) in [5.41, 5.74) is 0.729. The monoisotopic (exact) mass is 332 g/mol. The minimum absolute atomic E-state index is 0.200. The van der Waals surface area contributed by atoms with Crippen molar-refractivity contribution in [2.75, 3.05) is 7.11 Å². The molecule has 2 rings (SSSR count). The number of hydrogen-bond acceptors (Lipinski definition) is 5. The van der Waals surface area contributed by atoms with Gasteiger partial charge in [0, 0.05) is 12.5 Å². The summed E-state index contributed by atoms with van der Waals surface area (Å²) in [6, 6.07) is 7.15. The highest BCUT2D eigenvalue weighted by Gasteiger charge is 2.30. The van der Waals surface area contributed by atoms with Crippen molar-refractivity contribution in [3.63, 3.8) is 0 Å². The first-order valence-corrected chi connectivity index (χ1v) is 7.77. The van der Waals surface area contributed by atoms with Crippen LogP contribution >= 0.6 is 0 Å². The van der Waals surface area contributed by atoms with Crippen LogP contribution in [0.15, 0.2) is 28.8 Å². The molecular weight excluding hydrogens is 308 g/mol. The molecule has 1 atom stereocenters. The molecule has 0 aliphatic carbocycles. The number of para-hydroxylation sites is 1. The van der Waals surface area contributed by atoms with Gasteiger partial charge in [-0.2, -0.15) is 4.98 Å². The van der Waals surface area contributed by atoms with E-state index in [0.717, 1.165) is 11.3 Å². The van der Waals surface area contributed by atoms with Crippen molar-refractivity contribution in [1.82, 2.24) is 20.8 Å². The molecule has 0 saturated carbocycles. The number of aryl methyl sites for hydroxylation is 1. The molecule has 0 fully saturated rings. The molecule has 7 nitrogen and oxygen atoms in total. The Morgan fingerprint density at radius 1 is 1.33 bits per heavy atom. The van der Waals surface area contributed by atoms with Crippen LogP contribution in [0.4, 0.5) is 4.79 Å². The van der Waals surface area contributed by atoms with E-state index in [-0.39, 0.29) is 24.0 Å². The average molecular weight is 332 g/mol. The Morgan fingerprint density at radius 3 is 2.62 bits per heavy atom. The Kier molecular flexibility index (Phi) is 5.43. The third-order valence-corrected chi connectivity index (χ3v) is 3.57. The predicted octanol–water partition coefficient (Wildman–Crippen LogP) is 2.97. The summed E-state index contributed by atoms with van der Waals surface area (Å²) in [5, 5.41) is 9.51. The lowest BCUT2D eigenvalue weighted by atomic mass is 9.82. The van der Waals surface area contributed by atoms with E-state index < -0.39 is 0 Å². The van der Waals surface area contributed by atoms with Crippen LogP contribution in [0.1, 0.15) is 44.1 Å². The van der Waals surface area contributed by atoms with Gasteiger partial charge >= 0.3 is 6.03 Å². The standard InChI is InChI=1S/C17H24N4O3/c1-11-19-14(21-24-11)10-18-16(22)20-15(17(2,3)4)12-8-6-7-9-13(12)23-5/h6-9,15H,10H2,1-5H3,(H2,18,20,22)/t15-/m0/s1. The molecule has 2 aromatic rings. The quantitative estimate of drug-likeness (QED) is 0.878. The second-order valence-corrected chi connectivity index (χ2v) is 6.60. The summed E-state index contributed by atoms with van der Waals surface area (Å²) in [4.78, 5) is 16.4. The van der Waals surface area contributed by atoms with Crippen LogP contribution in [-0.2, 0) is 6.54 Å². The van der Waals surface area contributed by atoms with Gasteiger partial charge in [0.15, 0.2) is 5.82 Å². The predicted molar refractivity (Wildman–Crippen MR) is 89.6 cm³/mol. The van der Waals surface area contributed by atoms with Crippen LogP contribution in [-0.4, -0.2) is 23.3 Å². The van der Waals surface area contributed by atoms with E-state index >= 15 is 0 Å². The zero-order valence-corrected chi connectivity index (χ0v) is 14.7. The molecule has 0 aliphatic rings. The molecule has 24 heavy (non-hydrogen) atoms. The highest BCUT2D eigenvalue weighted by atomic mass is 16.5. The first-order valence-electron chi connectivity index (χ1n) is 7.77. The number of carbonyl (C=O) groups is 1. The normalized spacial score (nSPS) is 12.5. The number of nitrogens with zero attached hydrogens (tertiary/aromatic N) is 2. The number of rotatable bonds is 5. The fourth-order valence-electron chi connectivity index (χ4n) is 2.42. The van der Waals surface area contributed by atoms with Gasteiger partial charge in [-0.25, -0.2) is 4.79 Å². The van der Waals surface area contributed by atoms with Crippen molar-refractivity contribution >= 4 is 6.03 Å². The minimum Gasteiger partial charge on any atom is -0.496 e. The molecule has 0 unspecified atom stereocenters. The second kappa shape index (κ2) is 7.33. The molecule has 0 aliphatic heterocycles. The van der Waals surface area contributed by atoms with Crippen molar-refractivity contribution in [2.45, 2.75) is 40.3 Å². The van der Waals surface area contributed by atoms with Gasteiger partial charge in [-0.05, 0) is 11.5 Å². The van der Waals surface area contributed by atoms with Gasteiger partial charge in [-0.15, -0.1) is 0 Å². The lowest BCUT2D eigenvalue weighted by Gasteiger charge is -2.32. The van der Waals surface area contributed by atoms with Crippen molar-refractivity contribution in [3.05, 3.63) is 41.5 Å². The van der Waals surface area contributed by atoms with Gasteiger partial charge in [0.2, 0.25) is 5.89 Å². The second-order valence-electron chi connectivity index (χ2n) is 6.60. The van der Waals surface area contributed by atoms with Crippen LogP contribution in [0, 0.1) is 12.3 Å². The highest BCUT2D eigenvalue weighted by Crippen LogP contribution is 2.37. The Bertz CT molecular complexity index is 691. The number of methoxy groups -OCH3 is 1. The maximum atomic E-state index is 12.3. The molecular formula is C17H24N4O3. The van der Waals surface area contributed by atoms with E-state index in [9.17, 15) is 4.79 Å². The molecule has 2 N–H and O–H groups in total. The van der Waals surface area contributed by atoms with Crippen LogP contribution < -0.4 is 15.4 Å². The topological polar surface area (TPSA) is 89.3 Å². The maximum Gasteiger partial charge on any atom is 0.315 e. The van der Waals surface area contributed by atoms with Gasteiger partial charge in [-0.3, -0.25) is 0 Å². The van der Waals surface area contributed by atoms with E-state index in [1.165, 1.54) is 0 Å². The van der Waals surface area contributed by atoms with Crippen molar-refractivity contribution < 1.29 is 14.1 Å². The average Bonchev–Trinajstić information content (AvgIpc) is 2.95. The molecule has 7 heteroatoms. The number of amides is 2. The van der Waals surface area contributed by atoms with Crippen LogP contribution in [0.3, 0.4) is 0 Å². The number of hydrogen-bond donors (Lipinski definition) is 2. The van der Waals surface area contributed by atoms with Gasteiger partial charge in [0.05, 0.1) is 19.7 Å². The third-order valence-electron chi connectivity index (χ3n) is 3.57. The van der Waals surface area contributed by atoms with E-state index in [2.05, 4.69) is 41.5 Å². The van der Waals surface area contributed by atoms with Crippen LogP contribution in [0.2, 0.25) is 0 Å². The molecule has 130 valence electrons. The number of nitrogens with one attached hydrogen (secondary N) is 2. The summed E-state index contributed by atoms with van der Waals surface area (Å²) in [6.07, 6.45) is 0. The SMILES string of the molecule is COc1ccccc1[C@H](NC(=O)NCc1noc(C)n1)C(C)(C)C. The Hall–Kier alpha value is -2.57. The largest absolute Gasteiger partial charge is 0.496 e. The molecule has 0 radical (unpaired) electrons. The van der Waals surface area contributed by atoms with E-state index in [1.807, 2.05) is 24.3 Å². The number of benzene rings is 1. The highest BCUT2D eigenvalue weighted by molar-refractivity contribution is 5.74. The lowest BCUT2D eigenvalue weighted by Crippen LogP contribution is -2.42. The van der Waals surface area contributed by atoms with E-state index in [1.54, 1.807) is 14.0 Å². The fraction of sp³-hybridized carbons (Fsp3) is 0.471. The van der Waals surface area contributed by atoms with Gasteiger partial charge in [-0.1, -0.05) is 44.1 Å². The molecule has 0 spiro atoms. The summed E-state index contributed by atoms with van der Waals surface area (Å²) < 4.78 is 10.3. The minimum atomic E-state index is -0.303. The smallest absolute Gasteiger partial charge is 0.315 e. The third kappa shape index (κ3) is 4.47. The van der Waals surface area contributed by atoms with Crippen molar-refractivity contribution in [1.29, 1.82) is 0 Å². The fourth-order valence-corrected chi connectivity index (χ4v) is 2.42. The summed E-state index contributed by atoms with van der Waals surface area (Å²) in [5.74, 6) is 1.65. The summed E-state index contributed by atoms with van der Waals surface area (Å²) >= 11 is 0. The molecule has 2 amide bonds. The number of carbonyl (C=O) groups excluding carboxylic acids is 1. The van der Waals surface area contributed by atoms with Crippen LogP contribution in [0.25, 0.3) is 0 Å². The number of urea groups is 1. The van der Waals surface area contributed by atoms with Crippen molar-refractivity contribution in [3.8, 4) is 5.75 Å². The van der Waals surface area contributed by atoms with Crippen LogP contribution in [0.5, 0.6) is 5.75 Å². The van der Waals surface area contributed by atoms with Crippen molar-refractivity contribution in [2.24, 2.45) is 5.41 Å². The van der Waals surface area contributed by atoms with Gasteiger partial charge in [0.1, 0.15) is 5.75 Å². The lowest BCUT2D eigenvalue weighted by molar-refractivity contribution is 0.216. The van der Waals surface area contributed by atoms with Gasteiger partial charge < -0.3 is 19.9 Å². The molecule has 1 aromatic carbocycles. The molecule has 0 saturated heterocycles. The molecule has 1 aromatic heterocycles. The number of ether oxygens (including phenoxy) is 1. The first kappa shape index (κ1) is 17.8. The van der Waals surface area contributed by atoms with Gasteiger partial charge in [0.25, 0.3) is 0 Å². The molecule has 1 heterocycles. The Balaban J connectivity index is 2.10. The summed E-state index contributed by atoms with van der Waals surface area (Å²) in [6.45, 7) is 8.09. The maximum absolute atomic E-state index is 12.3. The van der Waals surface area contributed by atoms with E-state index in [4.69, 9.17) is 9.26 Å². The zero-order valence-electron chi connectivity index (χ0n) is 14.7. The Morgan fingerprint density at radius 2 is 2.04 bits per heavy atom. The number of aromatic nitrogens is 2. The zero-order chi connectivity index (χ0) is 17.7. The molecule has 0 bridgehead atoms. The Labute approximate surface area is 141 Å². The first-order chi connectivity index (χ1) is 11.3. The van der Waals surface area contributed by atoms with E-state index in [0.29, 0.717) is 11.7 Å².